The van der Waals surface area contributed by atoms with Crippen LogP contribution in [0.4, 0.5) is 4.39 Å². The van der Waals surface area contributed by atoms with Gasteiger partial charge in [0.1, 0.15) is 11.7 Å². The van der Waals surface area contributed by atoms with Gasteiger partial charge in [-0.15, -0.1) is 5.10 Å². The number of aryl methyl sites for hydroxylation is 1. The van der Waals surface area contributed by atoms with Crippen molar-refractivity contribution in [2.75, 3.05) is 13.7 Å². The molecular formula is C28H29FN6O5. The minimum absolute atomic E-state index is 0.0158. The number of carbonyl (C=O) groups is 1. The van der Waals surface area contributed by atoms with E-state index in [0.29, 0.717) is 30.2 Å². The van der Waals surface area contributed by atoms with Crippen molar-refractivity contribution in [3.63, 3.8) is 0 Å². The molecule has 2 aromatic heterocycles. The van der Waals surface area contributed by atoms with Crippen molar-refractivity contribution in [3.8, 4) is 17.3 Å². The van der Waals surface area contributed by atoms with E-state index in [1.807, 2.05) is 24.3 Å². The molecule has 0 saturated heterocycles. The number of aromatic nitrogens is 4. The second kappa shape index (κ2) is 12.2. The summed E-state index contributed by atoms with van der Waals surface area (Å²) in [7, 11) is 1.59. The third-order valence-corrected chi connectivity index (χ3v) is 6.22. The topological polar surface area (TPSA) is 169 Å². The number of nitrogen functional groups attached to an aromatic ring is 1. The lowest BCUT2D eigenvalue weighted by atomic mass is 9.88. The minimum Gasteiger partial charge on any atom is -0.493 e. The smallest absolute Gasteiger partial charge is 0.349 e. The van der Waals surface area contributed by atoms with Crippen LogP contribution in [-0.2, 0) is 17.6 Å². The molecule has 0 aliphatic carbocycles. The van der Waals surface area contributed by atoms with Crippen molar-refractivity contribution in [3.05, 3.63) is 99.1 Å². The number of H-pyrrole nitrogens is 1. The van der Waals surface area contributed by atoms with E-state index < -0.39 is 23.4 Å². The van der Waals surface area contributed by atoms with Crippen LogP contribution in [0.5, 0.6) is 11.5 Å². The van der Waals surface area contributed by atoms with Crippen molar-refractivity contribution in [1.29, 1.82) is 5.41 Å². The van der Waals surface area contributed by atoms with Crippen LogP contribution < -0.4 is 20.9 Å². The Morgan fingerprint density at radius 1 is 1.30 bits per heavy atom. The number of pyridine rings is 1. The first kappa shape index (κ1) is 28.0. The predicted octanol–water partition coefficient (Wildman–Crippen LogP) is 3.18. The zero-order chi connectivity index (χ0) is 28.8. The first-order valence-corrected chi connectivity index (χ1v) is 12.4. The maximum Gasteiger partial charge on any atom is 0.349 e. The van der Waals surface area contributed by atoms with E-state index in [-0.39, 0.29) is 11.7 Å². The summed E-state index contributed by atoms with van der Waals surface area (Å²) < 4.78 is 26.8. The number of amidine groups is 1. The number of nitrogens with one attached hydrogen (secondary N) is 2. The van der Waals surface area contributed by atoms with Gasteiger partial charge in [-0.25, -0.2) is 14.2 Å². The predicted molar refractivity (Wildman–Crippen MR) is 145 cm³/mol. The van der Waals surface area contributed by atoms with Crippen molar-refractivity contribution < 1.29 is 23.8 Å². The van der Waals surface area contributed by atoms with E-state index in [0.717, 1.165) is 46.9 Å². The van der Waals surface area contributed by atoms with Crippen LogP contribution in [0, 0.1) is 11.2 Å². The molecule has 5 N–H and O–H groups in total. The zero-order valence-corrected chi connectivity index (χ0v) is 22.0. The third kappa shape index (κ3) is 6.34. The number of benzene rings is 2. The highest BCUT2D eigenvalue weighted by molar-refractivity contribution is 5.94. The van der Waals surface area contributed by atoms with Gasteiger partial charge < -0.3 is 20.3 Å². The highest BCUT2D eigenvalue weighted by atomic mass is 19.1. The summed E-state index contributed by atoms with van der Waals surface area (Å²) in [6.45, 7) is 1.71. The van der Waals surface area contributed by atoms with E-state index in [1.165, 1.54) is 18.3 Å². The Morgan fingerprint density at radius 2 is 2.02 bits per heavy atom. The Kier molecular flexibility index (Phi) is 8.57. The fourth-order valence-electron chi connectivity index (χ4n) is 4.43. The normalized spacial score (nSPS) is 12.8. The van der Waals surface area contributed by atoms with Crippen LogP contribution in [-0.4, -0.2) is 50.4 Å². The molecule has 0 bridgehead atoms. The first-order chi connectivity index (χ1) is 19.2. The van der Waals surface area contributed by atoms with Crippen molar-refractivity contribution >= 4 is 11.8 Å². The summed E-state index contributed by atoms with van der Waals surface area (Å²) in [5.41, 5.74) is 8.46. The number of nitrogens with two attached hydrogens (primary N) is 1. The molecule has 1 aliphatic rings. The molecule has 4 aromatic rings. The van der Waals surface area contributed by atoms with Gasteiger partial charge in [0.05, 0.1) is 13.7 Å². The quantitative estimate of drug-likeness (QED) is 0.202. The van der Waals surface area contributed by atoms with Crippen LogP contribution in [0.2, 0.25) is 0 Å². The van der Waals surface area contributed by atoms with Crippen LogP contribution in [0.15, 0.2) is 59.5 Å². The van der Waals surface area contributed by atoms with Crippen LogP contribution in [0.1, 0.15) is 47.3 Å². The Balaban J connectivity index is 0.000000867. The van der Waals surface area contributed by atoms with Crippen molar-refractivity contribution in [1.82, 2.24) is 19.7 Å². The average molecular weight is 549 g/mol. The fraction of sp³-hybridized carbons (Fsp3) is 0.250. The minimum atomic E-state index is -0.833. The molecule has 5 rings (SSSR count). The number of ether oxygens (including phenoxy) is 2. The number of hydrogen-bond acceptors (Lipinski definition) is 7. The van der Waals surface area contributed by atoms with E-state index in [9.17, 15) is 9.18 Å². The maximum atomic E-state index is 14.4. The molecule has 0 saturated carbocycles. The van der Waals surface area contributed by atoms with Gasteiger partial charge in [-0.2, -0.15) is 4.68 Å². The summed E-state index contributed by atoms with van der Waals surface area (Å²) in [6.07, 6.45) is 3.60. The molecule has 0 radical (unpaired) electrons. The number of aromatic amines is 1. The second-order valence-electron chi connectivity index (χ2n) is 9.09. The van der Waals surface area contributed by atoms with Gasteiger partial charge in [0.15, 0.2) is 23.1 Å². The summed E-state index contributed by atoms with van der Waals surface area (Å²) in [5.74, 6) is -0.372. The van der Waals surface area contributed by atoms with E-state index in [2.05, 4.69) is 15.1 Å². The number of aliphatic carboxylic acids is 1. The van der Waals surface area contributed by atoms with Gasteiger partial charge in [0.2, 0.25) is 0 Å². The molecule has 11 nitrogen and oxygen atoms in total. The molecule has 1 atom stereocenters. The number of hydrogen-bond donors (Lipinski definition) is 4. The highest BCUT2D eigenvalue weighted by Gasteiger charge is 2.26. The number of carboxylic acid groups (broad SMARTS) is 1. The Hall–Kier alpha value is -5.00. The van der Waals surface area contributed by atoms with Gasteiger partial charge in [-0.05, 0) is 54.2 Å². The Morgan fingerprint density at radius 3 is 2.67 bits per heavy atom. The van der Waals surface area contributed by atoms with Crippen LogP contribution in [0.25, 0.3) is 5.82 Å². The summed E-state index contributed by atoms with van der Waals surface area (Å²) in [5, 5.41) is 19.5. The van der Waals surface area contributed by atoms with Gasteiger partial charge in [-0.3, -0.25) is 15.2 Å². The number of halogens is 1. The third-order valence-electron chi connectivity index (χ3n) is 6.22. The molecular weight excluding hydrogens is 519 g/mol. The number of fused-ring (bicyclic) bond motifs is 1. The highest BCUT2D eigenvalue weighted by Crippen LogP contribution is 2.39. The Bertz CT molecular complexity index is 1560. The lowest BCUT2D eigenvalue weighted by molar-refractivity contribution is -0.134. The van der Waals surface area contributed by atoms with Crippen LogP contribution >= 0.6 is 0 Å². The van der Waals surface area contributed by atoms with E-state index in [4.69, 9.17) is 30.5 Å². The Labute approximate surface area is 228 Å². The number of rotatable bonds is 7. The summed E-state index contributed by atoms with van der Waals surface area (Å²) >= 11 is 0. The molecule has 40 heavy (non-hydrogen) atoms. The molecule has 0 fully saturated rings. The second-order valence-corrected chi connectivity index (χ2v) is 9.09. The maximum absolute atomic E-state index is 14.4. The van der Waals surface area contributed by atoms with E-state index in [1.54, 1.807) is 19.2 Å². The van der Waals surface area contributed by atoms with Crippen LogP contribution in [0.3, 0.4) is 0 Å². The van der Waals surface area contributed by atoms with Gasteiger partial charge in [-0.1, -0.05) is 30.3 Å². The first-order valence-electron chi connectivity index (χ1n) is 12.4. The molecule has 0 amide bonds. The van der Waals surface area contributed by atoms with Crippen molar-refractivity contribution in [2.24, 2.45) is 5.73 Å². The monoisotopic (exact) mass is 548 g/mol. The van der Waals surface area contributed by atoms with E-state index >= 15 is 0 Å². The summed E-state index contributed by atoms with van der Waals surface area (Å²) in [6, 6.07) is 13.9. The molecule has 0 spiro atoms. The molecule has 1 aliphatic heterocycles. The SMILES string of the molecule is CC(=O)O.COc1cc(C(Cc2ccc(C(=N)N)cc2)c2nn(-c3ncccc3F)c(=O)[nH]2)cc2c1OCCC2. The number of carboxylic acids is 1. The lowest BCUT2D eigenvalue weighted by Crippen LogP contribution is -2.18. The number of nitrogens with zero attached hydrogens (tertiary/aromatic N) is 3. The largest absolute Gasteiger partial charge is 0.493 e. The standard InChI is InChI=1S/C26H25FN6O3.C2H4O2/c1-35-21-14-18(13-17-4-3-11-36-22(17)21)19(12-15-6-8-16(9-7-15)23(28)29)24-31-26(34)33(32-24)25-20(27)5-2-10-30-25;1-2(3)4/h2,5-10,13-14,19H,3-4,11-12H2,1H3,(H3,28,29)(H,31,32,34);1H3,(H,3,4). The fourth-order valence-corrected chi connectivity index (χ4v) is 4.43. The average Bonchev–Trinajstić information content (AvgIpc) is 3.32. The zero-order valence-electron chi connectivity index (χ0n) is 22.0. The molecule has 12 heteroatoms. The van der Waals surface area contributed by atoms with Gasteiger partial charge in [0, 0.05) is 24.6 Å². The van der Waals surface area contributed by atoms with Gasteiger partial charge in [0.25, 0.3) is 5.97 Å². The molecule has 208 valence electrons. The number of methoxy groups -OCH3 is 1. The molecule has 2 aromatic carbocycles. The summed E-state index contributed by atoms with van der Waals surface area (Å²) in [4.78, 5) is 28.6. The lowest BCUT2D eigenvalue weighted by Gasteiger charge is -2.23. The van der Waals surface area contributed by atoms with Gasteiger partial charge >= 0.3 is 5.69 Å². The van der Waals surface area contributed by atoms with Crippen molar-refractivity contribution in [2.45, 2.75) is 32.1 Å². The molecule has 1 unspecified atom stereocenters. The molecule has 3 heterocycles.